The van der Waals surface area contributed by atoms with Crippen molar-refractivity contribution in [2.24, 2.45) is 5.73 Å². The number of hydrogen-bond donors (Lipinski definition) is 3. The second kappa shape index (κ2) is 15.7. The van der Waals surface area contributed by atoms with Gasteiger partial charge >= 0.3 is 0 Å². The Morgan fingerprint density at radius 1 is 1.37 bits per heavy atom. The molecule has 1 aromatic carbocycles. The van der Waals surface area contributed by atoms with E-state index in [1.807, 2.05) is 6.92 Å². The van der Waals surface area contributed by atoms with Crippen LogP contribution in [0.4, 0.5) is 19.1 Å². The summed E-state index contributed by atoms with van der Waals surface area (Å²) in [5, 5.41) is 13.8. The third kappa shape index (κ3) is 10.3. The number of benzene rings is 1. The smallest absolute Gasteiger partial charge is 0.290 e. The van der Waals surface area contributed by atoms with Gasteiger partial charge < -0.3 is 30.3 Å². The van der Waals surface area contributed by atoms with E-state index in [0.29, 0.717) is 37.7 Å². The quantitative estimate of drug-likeness (QED) is 0.281. The van der Waals surface area contributed by atoms with Gasteiger partial charge in [0, 0.05) is 38.7 Å². The summed E-state index contributed by atoms with van der Waals surface area (Å²) in [5.74, 6) is -1.97. The Morgan fingerprint density at radius 3 is 2.63 bits per heavy atom. The summed E-state index contributed by atoms with van der Waals surface area (Å²) in [6, 6.07) is 1.02. The molecule has 0 aliphatic carbocycles. The van der Waals surface area contributed by atoms with E-state index in [1.54, 1.807) is 18.7 Å². The molecule has 1 amide bonds. The number of carboxylic acid groups (broad SMARTS) is 1. The van der Waals surface area contributed by atoms with E-state index in [0.717, 1.165) is 25.5 Å². The Kier molecular flexibility index (Phi) is 13.4. The van der Waals surface area contributed by atoms with Crippen LogP contribution in [0.5, 0.6) is 0 Å². The zero-order chi connectivity index (χ0) is 26.4. The topological polar surface area (TPSA) is 144 Å². The summed E-state index contributed by atoms with van der Waals surface area (Å²) in [4.78, 5) is 25.9. The summed E-state index contributed by atoms with van der Waals surface area (Å²) < 4.78 is 48.4. The highest BCUT2D eigenvalue weighted by atomic mass is 19.2. The molecule has 35 heavy (non-hydrogen) atoms. The SMILES string of the molecule is CC(N)Cc1cc(F)c(F)cc1F.CCOCCNc1noc([C@@H]2CCCN2C(C)=O)n1.O=CO. The van der Waals surface area contributed by atoms with Crippen LogP contribution in [0.15, 0.2) is 16.7 Å². The second-order valence-corrected chi connectivity index (χ2v) is 7.59. The number of hydrogen-bond acceptors (Lipinski definition) is 8. The fourth-order valence-electron chi connectivity index (χ4n) is 3.29. The fraction of sp³-hybridized carbons (Fsp3) is 0.545. The number of amides is 1. The molecule has 1 aromatic heterocycles. The number of carbonyl (C=O) groups excluding carboxylic acids is 1. The number of anilines is 1. The van der Waals surface area contributed by atoms with Gasteiger partial charge in [0.05, 0.1) is 6.61 Å². The van der Waals surface area contributed by atoms with Crippen molar-refractivity contribution in [2.45, 2.75) is 52.1 Å². The predicted octanol–water partition coefficient (Wildman–Crippen LogP) is 2.90. The molecule has 4 N–H and O–H groups in total. The molecule has 2 atom stereocenters. The molecule has 13 heteroatoms. The first-order chi connectivity index (χ1) is 16.6. The van der Waals surface area contributed by atoms with E-state index in [4.69, 9.17) is 24.9 Å². The highest BCUT2D eigenvalue weighted by Gasteiger charge is 2.32. The van der Waals surface area contributed by atoms with Crippen molar-refractivity contribution in [1.29, 1.82) is 0 Å². The number of rotatable bonds is 8. The van der Waals surface area contributed by atoms with Crippen LogP contribution in [0.2, 0.25) is 0 Å². The van der Waals surface area contributed by atoms with Crippen LogP contribution < -0.4 is 11.1 Å². The van der Waals surface area contributed by atoms with Crippen LogP contribution in [-0.4, -0.2) is 64.9 Å². The molecule has 0 radical (unpaired) electrons. The Balaban J connectivity index is 0.000000333. The van der Waals surface area contributed by atoms with Crippen molar-refractivity contribution >= 4 is 18.3 Å². The minimum atomic E-state index is -1.18. The van der Waals surface area contributed by atoms with E-state index in [9.17, 15) is 18.0 Å². The molecule has 3 rings (SSSR count). The third-order valence-corrected chi connectivity index (χ3v) is 4.75. The van der Waals surface area contributed by atoms with Crippen molar-refractivity contribution in [3.05, 3.63) is 41.0 Å². The molecule has 1 unspecified atom stereocenters. The number of ether oxygens (including phenoxy) is 1. The van der Waals surface area contributed by atoms with Crippen molar-refractivity contribution in [1.82, 2.24) is 15.0 Å². The average molecular weight is 504 g/mol. The van der Waals surface area contributed by atoms with Gasteiger partial charge in [-0.15, -0.1) is 0 Å². The average Bonchev–Trinajstić information content (AvgIpc) is 3.45. The number of nitrogens with zero attached hydrogens (tertiary/aromatic N) is 3. The molecule has 1 aliphatic rings. The summed E-state index contributed by atoms with van der Waals surface area (Å²) in [6.07, 6.45) is 2.04. The van der Waals surface area contributed by atoms with Gasteiger partial charge in [0.15, 0.2) is 11.6 Å². The first-order valence-electron chi connectivity index (χ1n) is 11.0. The molecule has 0 bridgehead atoms. The number of halogens is 3. The van der Waals surface area contributed by atoms with Crippen molar-refractivity contribution in [3.8, 4) is 0 Å². The monoisotopic (exact) mass is 503 g/mol. The lowest BCUT2D eigenvalue weighted by Gasteiger charge is -2.19. The first kappa shape index (κ1) is 29.8. The molecular formula is C22H32F3N5O5. The van der Waals surface area contributed by atoms with Crippen LogP contribution >= 0.6 is 0 Å². The third-order valence-electron chi connectivity index (χ3n) is 4.75. The van der Waals surface area contributed by atoms with Crippen LogP contribution in [0, 0.1) is 17.5 Å². The van der Waals surface area contributed by atoms with Crippen LogP contribution in [0.25, 0.3) is 0 Å². The minimum absolute atomic E-state index is 0.0477. The number of nitrogens with two attached hydrogens (primary N) is 1. The lowest BCUT2D eigenvalue weighted by Crippen LogP contribution is -2.28. The largest absolute Gasteiger partial charge is 0.483 e. The Bertz CT molecular complexity index is 929. The molecule has 196 valence electrons. The first-order valence-corrected chi connectivity index (χ1v) is 11.0. The van der Waals surface area contributed by atoms with Gasteiger partial charge in [-0.2, -0.15) is 4.98 Å². The molecule has 2 heterocycles. The summed E-state index contributed by atoms with van der Waals surface area (Å²) >= 11 is 0. The molecule has 1 saturated heterocycles. The molecule has 10 nitrogen and oxygen atoms in total. The van der Waals surface area contributed by atoms with Gasteiger partial charge in [0.25, 0.3) is 18.3 Å². The maximum Gasteiger partial charge on any atom is 0.290 e. The zero-order valence-electron chi connectivity index (χ0n) is 20.0. The minimum Gasteiger partial charge on any atom is -0.483 e. The van der Waals surface area contributed by atoms with Gasteiger partial charge in [0.2, 0.25) is 5.91 Å². The molecular weight excluding hydrogens is 471 g/mol. The van der Waals surface area contributed by atoms with E-state index < -0.39 is 17.5 Å². The van der Waals surface area contributed by atoms with E-state index in [1.165, 1.54) is 0 Å². The highest BCUT2D eigenvalue weighted by Crippen LogP contribution is 2.31. The van der Waals surface area contributed by atoms with E-state index in [-0.39, 0.29) is 36.4 Å². The number of aromatic nitrogens is 2. The lowest BCUT2D eigenvalue weighted by molar-refractivity contribution is -0.130. The molecule has 1 aliphatic heterocycles. The Hall–Kier alpha value is -3.19. The Labute approximate surface area is 201 Å². The van der Waals surface area contributed by atoms with E-state index >= 15 is 0 Å². The number of carbonyl (C=O) groups is 2. The number of likely N-dealkylation sites (tertiary alicyclic amines) is 1. The maximum absolute atomic E-state index is 12.9. The lowest BCUT2D eigenvalue weighted by atomic mass is 10.1. The predicted molar refractivity (Wildman–Crippen MR) is 121 cm³/mol. The van der Waals surface area contributed by atoms with Crippen LogP contribution in [0.3, 0.4) is 0 Å². The summed E-state index contributed by atoms with van der Waals surface area (Å²) in [6.45, 7) is 7.61. The van der Waals surface area contributed by atoms with Crippen LogP contribution in [0.1, 0.15) is 51.1 Å². The molecule has 1 fully saturated rings. The van der Waals surface area contributed by atoms with E-state index in [2.05, 4.69) is 15.5 Å². The normalized spacial score (nSPS) is 15.4. The fourth-order valence-corrected chi connectivity index (χ4v) is 3.29. The standard InChI is InChI=1S/C12H20N4O3.C9H10F3N.CH2O2/c1-3-18-8-6-13-12-14-11(19-15-12)10-5-4-7-16(10)9(2)17;1-5(13)2-6-3-8(11)9(12)4-7(6)10;2-1-3/h10H,3-8H2,1-2H3,(H,13,15);3-5H,2,13H2,1H3;1H,(H,2,3)/t10-;;/m0../s1. The van der Waals surface area contributed by atoms with Gasteiger partial charge in [-0.3, -0.25) is 9.59 Å². The van der Waals surface area contributed by atoms with Gasteiger partial charge in [-0.1, -0.05) is 0 Å². The van der Waals surface area contributed by atoms with Crippen molar-refractivity contribution < 1.29 is 37.1 Å². The Morgan fingerprint density at radius 2 is 2.03 bits per heavy atom. The molecule has 0 spiro atoms. The van der Waals surface area contributed by atoms with Crippen molar-refractivity contribution in [3.63, 3.8) is 0 Å². The van der Waals surface area contributed by atoms with Crippen LogP contribution in [-0.2, 0) is 20.7 Å². The molecule has 2 aromatic rings. The van der Waals surface area contributed by atoms with Crippen molar-refractivity contribution in [2.75, 3.05) is 31.6 Å². The summed E-state index contributed by atoms with van der Waals surface area (Å²) in [7, 11) is 0. The maximum atomic E-state index is 12.9. The summed E-state index contributed by atoms with van der Waals surface area (Å²) in [5.41, 5.74) is 5.50. The highest BCUT2D eigenvalue weighted by molar-refractivity contribution is 5.74. The van der Waals surface area contributed by atoms with Gasteiger partial charge in [0.1, 0.15) is 11.9 Å². The molecule has 0 saturated carbocycles. The van der Waals surface area contributed by atoms with Gasteiger partial charge in [-0.05, 0) is 49.9 Å². The zero-order valence-corrected chi connectivity index (χ0v) is 20.0. The second-order valence-electron chi connectivity index (χ2n) is 7.59. The van der Waals surface area contributed by atoms with Gasteiger partial charge in [-0.25, -0.2) is 13.2 Å². The number of nitrogens with one attached hydrogen (secondary N) is 1.